The van der Waals surface area contributed by atoms with Crippen molar-refractivity contribution in [3.05, 3.63) is 29.3 Å². The van der Waals surface area contributed by atoms with Crippen LogP contribution in [-0.4, -0.2) is 115 Å². The second kappa shape index (κ2) is 11.4. The van der Waals surface area contributed by atoms with E-state index in [0.717, 1.165) is 10.9 Å². The minimum Gasteiger partial charge on any atom is -0.387 e. The molecule has 7 heterocycles. The molecule has 0 radical (unpaired) electrons. The molecule has 4 aromatic rings. The number of phosphoric ester groups is 1. The van der Waals surface area contributed by atoms with Crippen molar-refractivity contribution < 1.29 is 56.9 Å². The monoisotopic (exact) mass is 688 g/mol. The van der Waals surface area contributed by atoms with Gasteiger partial charge in [0.25, 0.3) is 5.56 Å². The molecule has 0 aliphatic carbocycles. The topological polar surface area (TPSA) is 330 Å². The van der Waals surface area contributed by atoms with Gasteiger partial charge in [0.2, 0.25) is 5.95 Å². The molecule has 7 rings (SSSR count). The summed E-state index contributed by atoms with van der Waals surface area (Å²) in [5.74, 6) is -0.162. The number of aliphatic hydroxyl groups excluding tert-OH is 2. The molecule has 3 aliphatic heterocycles. The van der Waals surface area contributed by atoms with Gasteiger partial charge in [-0.1, -0.05) is 0 Å². The van der Waals surface area contributed by atoms with Crippen molar-refractivity contribution in [3.8, 4) is 0 Å². The van der Waals surface area contributed by atoms with Crippen molar-refractivity contribution in [1.82, 2.24) is 39.0 Å². The van der Waals surface area contributed by atoms with Crippen LogP contribution in [0.15, 0.2) is 23.8 Å². The van der Waals surface area contributed by atoms with Gasteiger partial charge in [0.1, 0.15) is 48.0 Å². The summed E-state index contributed by atoms with van der Waals surface area (Å²) in [5.41, 5.74) is 9.48. The van der Waals surface area contributed by atoms with Crippen LogP contribution in [-0.2, 0) is 36.9 Å². The summed E-state index contributed by atoms with van der Waals surface area (Å²) in [4.78, 5) is 54.7. The zero-order chi connectivity index (χ0) is 32.5. The number of fused-ring (bicyclic) bond motifs is 4. The van der Waals surface area contributed by atoms with Crippen LogP contribution in [0.5, 0.6) is 0 Å². The molecule has 2 bridgehead atoms. The lowest BCUT2D eigenvalue weighted by molar-refractivity contribution is -0.184. The molecule has 3 aliphatic rings. The van der Waals surface area contributed by atoms with E-state index in [2.05, 4.69) is 29.9 Å². The molecule has 3 fully saturated rings. The van der Waals surface area contributed by atoms with Gasteiger partial charge in [0, 0.05) is 0 Å². The number of nitrogen functional groups attached to an aromatic ring is 2. The van der Waals surface area contributed by atoms with Gasteiger partial charge >= 0.3 is 16.1 Å². The molecular weight excluding hydrogens is 662 g/mol. The largest absolute Gasteiger partial charge is 0.472 e. The summed E-state index contributed by atoms with van der Waals surface area (Å²) < 4.78 is 60.0. The number of anilines is 2. The van der Waals surface area contributed by atoms with Gasteiger partial charge in [-0.3, -0.25) is 32.5 Å². The van der Waals surface area contributed by atoms with Crippen LogP contribution in [0.1, 0.15) is 12.5 Å². The van der Waals surface area contributed by atoms with Crippen LogP contribution in [0.3, 0.4) is 0 Å². The highest BCUT2D eigenvalue weighted by Crippen LogP contribution is 2.53. The van der Waals surface area contributed by atoms with Gasteiger partial charge in [-0.25, -0.2) is 24.5 Å². The van der Waals surface area contributed by atoms with Gasteiger partial charge in [-0.2, -0.15) is 4.98 Å². The number of H-pyrrole nitrogens is 1. The van der Waals surface area contributed by atoms with Crippen LogP contribution in [0, 0.1) is 0 Å². The summed E-state index contributed by atoms with van der Waals surface area (Å²) in [6, 6.07) is 0. The Kier molecular flexibility index (Phi) is 7.70. The second-order valence-electron chi connectivity index (χ2n) is 10.6. The van der Waals surface area contributed by atoms with Crippen molar-refractivity contribution in [1.29, 1.82) is 0 Å². The van der Waals surface area contributed by atoms with Crippen molar-refractivity contribution in [3.63, 3.8) is 0 Å². The Morgan fingerprint density at radius 1 is 1.13 bits per heavy atom. The number of aromatic nitrogens is 8. The number of ether oxygens (including phenoxy) is 3. The number of hydrogen-bond donors (Lipinski definition) is 7. The second-order valence-corrected chi connectivity index (χ2v) is 12.8. The van der Waals surface area contributed by atoms with Gasteiger partial charge < -0.3 is 50.2 Å². The van der Waals surface area contributed by atoms with Crippen molar-refractivity contribution in [2.75, 3.05) is 31.3 Å². The molecule has 0 saturated carbocycles. The van der Waals surface area contributed by atoms with E-state index in [1.807, 2.05) is 0 Å². The Morgan fingerprint density at radius 2 is 1.87 bits per heavy atom. The predicted octanol–water partition coefficient (Wildman–Crippen LogP) is -2.69. The zero-order valence-electron chi connectivity index (χ0n) is 23.1. The first kappa shape index (κ1) is 31.2. The number of rotatable bonds is 10. The van der Waals surface area contributed by atoms with Gasteiger partial charge in [0.15, 0.2) is 35.1 Å². The Labute approximate surface area is 255 Å². The summed E-state index contributed by atoms with van der Waals surface area (Å²) >= 11 is 0. The third kappa shape index (κ3) is 5.19. The highest BCUT2D eigenvalue weighted by molar-refractivity contribution is 7.47. The number of aliphatic hydroxyl groups is 2. The lowest BCUT2D eigenvalue weighted by Crippen LogP contribution is -2.45. The first-order chi connectivity index (χ1) is 21.9. The average molecular weight is 688 g/mol. The average Bonchev–Trinajstić information content (AvgIpc) is 3.80. The van der Waals surface area contributed by atoms with E-state index < -0.39 is 83.4 Å². The van der Waals surface area contributed by atoms with E-state index in [9.17, 15) is 29.0 Å². The number of nitrogens with two attached hydrogens (primary N) is 2. The fourth-order valence-electron chi connectivity index (χ4n) is 5.65. The molecule has 10 atom stereocenters. The molecule has 248 valence electrons. The van der Waals surface area contributed by atoms with Gasteiger partial charge in [0.05, 0.1) is 32.5 Å². The molecule has 3 saturated heterocycles. The van der Waals surface area contributed by atoms with Crippen molar-refractivity contribution in [2.24, 2.45) is 0 Å². The normalized spacial score (nSPS) is 32.8. The lowest BCUT2D eigenvalue weighted by atomic mass is 10.0. The standard InChI is InChI=1S/C21H26N10O13P2/c22-14-8-15(25-4-24-14)30(5-26-8)19-12-13(33)21(43-19,2-39-12)3-41-46(37,38)44-11-10(32)7(1-40-45(35)36)42-18(11)31-6-27-9-16(31)28-20(23)29-17(9)34/h4-7,10-13,18-19,32-33,45H,1-3H2,(H,35,36)(H,37,38)(H2,22,24,25)(H3,23,28,29,34)/t7-,10?,11?,12?,13?,18-,19-,21-/m1/s1. The number of hydrogen-bond acceptors (Lipinski definition) is 18. The molecule has 0 spiro atoms. The van der Waals surface area contributed by atoms with Crippen LogP contribution < -0.4 is 17.0 Å². The number of phosphoric acid groups is 1. The lowest BCUT2D eigenvalue weighted by Gasteiger charge is -2.31. The number of imidazole rings is 2. The third-order valence-corrected chi connectivity index (χ3v) is 9.18. The Bertz CT molecular complexity index is 1940. The van der Waals surface area contributed by atoms with Crippen LogP contribution in [0.4, 0.5) is 11.8 Å². The minimum absolute atomic E-state index is 0.121. The maximum atomic E-state index is 13.3. The molecule has 0 amide bonds. The van der Waals surface area contributed by atoms with Crippen LogP contribution in [0.25, 0.3) is 22.3 Å². The zero-order valence-corrected chi connectivity index (χ0v) is 25.0. The SMILES string of the molecule is Nc1nc2c(ncn2[C@@H]2O[C@H](CO[PH](=O)O)C(O)C2OP(=O)(O)OC[C@]23COC(C2O)[C@H](n2cnc4c(N)ncnc42)O3)c(=O)[nH]1. The molecule has 46 heavy (non-hydrogen) atoms. The Balaban J connectivity index is 1.12. The van der Waals surface area contributed by atoms with Crippen molar-refractivity contribution in [2.45, 2.75) is 48.6 Å². The summed E-state index contributed by atoms with van der Waals surface area (Å²) in [5, 5.41) is 22.0. The highest BCUT2D eigenvalue weighted by atomic mass is 31.2. The van der Waals surface area contributed by atoms with E-state index in [-0.39, 0.29) is 35.1 Å². The highest BCUT2D eigenvalue weighted by Gasteiger charge is 2.63. The fraction of sp³-hybridized carbons (Fsp3) is 0.524. The van der Waals surface area contributed by atoms with E-state index in [4.69, 9.17) is 44.1 Å². The molecule has 6 unspecified atom stereocenters. The Hall–Kier alpha value is -3.44. The predicted molar refractivity (Wildman–Crippen MR) is 149 cm³/mol. The maximum absolute atomic E-state index is 13.3. The third-order valence-electron chi connectivity index (χ3n) is 7.80. The molecule has 9 N–H and O–H groups in total. The summed E-state index contributed by atoms with van der Waals surface area (Å²) in [7, 11) is -8.59. The van der Waals surface area contributed by atoms with E-state index in [1.165, 1.54) is 17.2 Å². The molecule has 0 aromatic carbocycles. The first-order valence-electron chi connectivity index (χ1n) is 13.4. The smallest absolute Gasteiger partial charge is 0.387 e. The van der Waals surface area contributed by atoms with E-state index >= 15 is 0 Å². The maximum Gasteiger partial charge on any atom is 0.472 e. The number of nitrogens with zero attached hydrogens (tertiary/aromatic N) is 7. The molecule has 23 nitrogen and oxygen atoms in total. The summed E-state index contributed by atoms with van der Waals surface area (Å²) in [6.45, 7) is -1.55. The Morgan fingerprint density at radius 3 is 2.63 bits per heavy atom. The van der Waals surface area contributed by atoms with Gasteiger partial charge in [-0.15, -0.1) is 0 Å². The molecule has 25 heteroatoms. The van der Waals surface area contributed by atoms with E-state index in [1.54, 1.807) is 0 Å². The van der Waals surface area contributed by atoms with Crippen molar-refractivity contribution >= 4 is 50.2 Å². The quantitative estimate of drug-likeness (QED) is 0.0834. The minimum atomic E-state index is -5.14. The van der Waals surface area contributed by atoms with Gasteiger partial charge in [-0.05, 0) is 0 Å². The number of aromatic amines is 1. The fourth-order valence-corrected chi connectivity index (χ4v) is 6.93. The number of nitrogens with one attached hydrogen (secondary N) is 1. The molecule has 4 aromatic heterocycles. The van der Waals surface area contributed by atoms with Crippen LogP contribution >= 0.6 is 16.1 Å². The van der Waals surface area contributed by atoms with Crippen LogP contribution in [0.2, 0.25) is 0 Å². The molecular formula is C21H26N10O13P2. The first-order valence-corrected chi connectivity index (χ1v) is 16.1. The van der Waals surface area contributed by atoms with E-state index in [0.29, 0.717) is 5.65 Å². The summed E-state index contributed by atoms with van der Waals surface area (Å²) in [6.07, 6.45) is -5.88.